The number of carbonyl (C=O) groups excluding carboxylic acids is 1. The molecule has 158 valence electrons. The van der Waals surface area contributed by atoms with E-state index in [1.807, 2.05) is 6.92 Å². The lowest BCUT2D eigenvalue weighted by Crippen LogP contribution is -2.40. The highest BCUT2D eigenvalue weighted by atomic mass is 19.4. The summed E-state index contributed by atoms with van der Waals surface area (Å²) >= 11 is 0. The average molecular weight is 408 g/mol. The molecule has 8 heteroatoms. The zero-order chi connectivity index (χ0) is 21.1. The number of amides is 1. The highest BCUT2D eigenvalue weighted by molar-refractivity contribution is 5.93. The van der Waals surface area contributed by atoms with Gasteiger partial charge in [-0.2, -0.15) is 18.3 Å². The third-order valence-corrected chi connectivity index (χ3v) is 6.51. The summed E-state index contributed by atoms with van der Waals surface area (Å²) < 4.78 is 41.6. The molecular formula is C21H27F3N4O. The Morgan fingerprint density at radius 1 is 1.21 bits per heavy atom. The first kappa shape index (κ1) is 20.2. The number of aromatic nitrogens is 3. The van der Waals surface area contributed by atoms with Gasteiger partial charge in [0.2, 0.25) is 0 Å². The van der Waals surface area contributed by atoms with Crippen molar-refractivity contribution in [3.05, 3.63) is 29.2 Å². The van der Waals surface area contributed by atoms with Crippen molar-refractivity contribution in [2.45, 2.75) is 71.0 Å². The molecule has 5 nitrogen and oxygen atoms in total. The fraction of sp³-hybridized carbons (Fsp3) is 0.667. The van der Waals surface area contributed by atoms with Gasteiger partial charge in [0.1, 0.15) is 5.69 Å². The second kappa shape index (κ2) is 6.71. The molecule has 1 amide bonds. The minimum absolute atomic E-state index is 0.0252. The lowest BCUT2D eigenvalue weighted by Gasteiger charge is -2.28. The van der Waals surface area contributed by atoms with Gasteiger partial charge in [-0.15, -0.1) is 0 Å². The molecule has 0 spiro atoms. The first-order valence-electron chi connectivity index (χ1n) is 10.2. The summed E-state index contributed by atoms with van der Waals surface area (Å²) in [5, 5.41) is 6.92. The molecular weight excluding hydrogens is 381 g/mol. The molecule has 2 aromatic rings. The van der Waals surface area contributed by atoms with Gasteiger partial charge in [-0.3, -0.25) is 4.79 Å². The average Bonchev–Trinajstić information content (AvgIpc) is 3.33. The smallest absolute Gasteiger partial charge is 0.348 e. The zero-order valence-corrected chi connectivity index (χ0v) is 17.2. The number of halogens is 3. The van der Waals surface area contributed by atoms with Gasteiger partial charge in [0.25, 0.3) is 5.91 Å². The van der Waals surface area contributed by atoms with E-state index >= 15 is 0 Å². The van der Waals surface area contributed by atoms with E-state index in [1.165, 1.54) is 25.3 Å². The predicted molar refractivity (Wildman–Crippen MR) is 103 cm³/mol. The zero-order valence-electron chi connectivity index (χ0n) is 17.2. The van der Waals surface area contributed by atoms with Crippen LogP contribution in [0, 0.1) is 17.8 Å². The number of hydrogen-bond donors (Lipinski definition) is 1. The molecule has 29 heavy (non-hydrogen) atoms. The Hall–Kier alpha value is -2.12. The number of fused-ring (bicyclic) bond motifs is 3. The molecule has 2 aromatic heterocycles. The molecule has 0 aliphatic heterocycles. The molecule has 0 saturated heterocycles. The Balaban J connectivity index is 1.63. The van der Waals surface area contributed by atoms with Crippen LogP contribution in [0.4, 0.5) is 13.2 Å². The van der Waals surface area contributed by atoms with Crippen molar-refractivity contribution in [1.29, 1.82) is 0 Å². The summed E-state index contributed by atoms with van der Waals surface area (Å²) in [6.45, 7) is 7.38. The van der Waals surface area contributed by atoms with E-state index in [4.69, 9.17) is 0 Å². The van der Waals surface area contributed by atoms with E-state index in [2.05, 4.69) is 15.4 Å². The van der Waals surface area contributed by atoms with Crippen LogP contribution in [-0.4, -0.2) is 26.5 Å². The van der Waals surface area contributed by atoms with Gasteiger partial charge in [-0.1, -0.05) is 27.2 Å². The molecule has 2 heterocycles. The topological polar surface area (TPSA) is 59.3 Å². The van der Waals surface area contributed by atoms with Gasteiger partial charge in [0.05, 0.1) is 5.69 Å². The minimum atomic E-state index is -4.60. The molecule has 2 bridgehead atoms. The Kier molecular flexibility index (Phi) is 4.66. The SMILES string of the molecule is CC(NC(=O)c1cc2nc(C(C)(C)C)cc(C(F)(F)F)n2n1)C1CC2CCC1C2. The number of nitrogens with one attached hydrogen (secondary N) is 1. The van der Waals surface area contributed by atoms with Gasteiger partial charge in [-0.05, 0) is 50.0 Å². The van der Waals surface area contributed by atoms with Crippen LogP contribution in [0.3, 0.4) is 0 Å². The van der Waals surface area contributed by atoms with Gasteiger partial charge < -0.3 is 5.32 Å². The van der Waals surface area contributed by atoms with Crippen molar-refractivity contribution in [2.75, 3.05) is 0 Å². The highest BCUT2D eigenvalue weighted by Crippen LogP contribution is 2.49. The van der Waals surface area contributed by atoms with Crippen LogP contribution >= 0.6 is 0 Å². The second-order valence-electron chi connectivity index (χ2n) is 9.67. The maximum absolute atomic E-state index is 13.6. The molecule has 2 aliphatic carbocycles. The van der Waals surface area contributed by atoms with Gasteiger partial charge in [0, 0.05) is 17.5 Å². The highest BCUT2D eigenvalue weighted by Gasteiger charge is 2.42. The van der Waals surface area contributed by atoms with Crippen LogP contribution in [0.1, 0.15) is 75.3 Å². The van der Waals surface area contributed by atoms with Crippen LogP contribution in [0.25, 0.3) is 5.65 Å². The summed E-state index contributed by atoms with van der Waals surface area (Å²) in [5.74, 6) is 1.39. The van der Waals surface area contributed by atoms with Gasteiger partial charge >= 0.3 is 6.18 Å². The fourth-order valence-corrected chi connectivity index (χ4v) is 4.97. The number of rotatable bonds is 3. The van der Waals surface area contributed by atoms with Crippen molar-refractivity contribution in [3.63, 3.8) is 0 Å². The Labute approximate surface area is 168 Å². The van der Waals surface area contributed by atoms with Crippen LogP contribution < -0.4 is 5.32 Å². The Morgan fingerprint density at radius 3 is 2.48 bits per heavy atom. The number of nitrogens with zero attached hydrogens (tertiary/aromatic N) is 3. The van der Waals surface area contributed by atoms with Crippen LogP contribution in [0.2, 0.25) is 0 Å². The number of hydrogen-bond acceptors (Lipinski definition) is 3. The van der Waals surface area contributed by atoms with E-state index in [-0.39, 0.29) is 17.4 Å². The van der Waals surface area contributed by atoms with Gasteiger partial charge in [-0.25, -0.2) is 9.50 Å². The summed E-state index contributed by atoms with van der Waals surface area (Å²) in [6, 6.07) is 2.33. The van der Waals surface area contributed by atoms with E-state index in [0.717, 1.165) is 22.9 Å². The molecule has 2 saturated carbocycles. The second-order valence-corrected chi connectivity index (χ2v) is 9.67. The van der Waals surface area contributed by atoms with E-state index in [0.29, 0.717) is 17.5 Å². The monoisotopic (exact) mass is 408 g/mol. The number of carbonyl (C=O) groups is 1. The van der Waals surface area contributed by atoms with E-state index in [1.54, 1.807) is 20.8 Å². The van der Waals surface area contributed by atoms with Crippen molar-refractivity contribution < 1.29 is 18.0 Å². The molecule has 4 rings (SSSR count). The van der Waals surface area contributed by atoms with Crippen molar-refractivity contribution >= 4 is 11.6 Å². The van der Waals surface area contributed by atoms with Gasteiger partial charge in [0.15, 0.2) is 11.3 Å². The molecule has 0 aromatic carbocycles. The molecule has 2 aliphatic rings. The first-order chi connectivity index (χ1) is 13.4. The normalized spacial score (nSPS) is 25.6. The van der Waals surface area contributed by atoms with Crippen molar-refractivity contribution in [1.82, 2.24) is 19.9 Å². The Bertz CT molecular complexity index is 944. The summed E-state index contributed by atoms with van der Waals surface area (Å²) in [6.07, 6.45) is 0.228. The lowest BCUT2D eigenvalue weighted by molar-refractivity contribution is -0.142. The first-order valence-corrected chi connectivity index (χ1v) is 10.2. The van der Waals surface area contributed by atoms with Crippen LogP contribution in [-0.2, 0) is 11.6 Å². The van der Waals surface area contributed by atoms with Crippen molar-refractivity contribution in [3.8, 4) is 0 Å². The third-order valence-electron chi connectivity index (χ3n) is 6.51. The minimum Gasteiger partial charge on any atom is -0.348 e. The molecule has 4 unspecified atom stereocenters. The number of alkyl halides is 3. The van der Waals surface area contributed by atoms with Crippen LogP contribution in [0.15, 0.2) is 12.1 Å². The predicted octanol–water partition coefficient (Wildman–Crippen LogP) is 4.60. The Morgan fingerprint density at radius 2 is 1.93 bits per heavy atom. The summed E-state index contributed by atoms with van der Waals surface area (Å²) in [5.41, 5.74) is -1.19. The molecule has 2 fully saturated rings. The maximum atomic E-state index is 13.6. The largest absolute Gasteiger partial charge is 0.433 e. The summed E-state index contributed by atoms with van der Waals surface area (Å²) in [7, 11) is 0. The molecule has 1 N–H and O–H groups in total. The van der Waals surface area contributed by atoms with E-state index < -0.39 is 23.2 Å². The lowest BCUT2D eigenvalue weighted by atomic mass is 9.84. The standard InChI is InChI=1S/C21H27F3N4O/c1-11(14-8-12-5-6-13(14)7-12)25-19(29)15-9-18-26-16(20(2,3)4)10-17(21(22,23)24)28(18)27-15/h9-14H,5-8H2,1-4H3,(H,25,29). The van der Waals surface area contributed by atoms with Crippen molar-refractivity contribution in [2.24, 2.45) is 17.8 Å². The third kappa shape index (κ3) is 3.73. The van der Waals surface area contributed by atoms with E-state index in [9.17, 15) is 18.0 Å². The molecule has 4 atom stereocenters. The summed E-state index contributed by atoms with van der Waals surface area (Å²) in [4.78, 5) is 17.1. The van der Waals surface area contributed by atoms with Crippen LogP contribution in [0.5, 0.6) is 0 Å². The maximum Gasteiger partial charge on any atom is 0.433 e. The fourth-order valence-electron chi connectivity index (χ4n) is 4.97. The quantitative estimate of drug-likeness (QED) is 0.808. The molecule has 0 radical (unpaired) electrons.